The van der Waals surface area contributed by atoms with Gasteiger partial charge in [0.2, 0.25) is 0 Å². The molecule has 6 atom stereocenters. The molecule has 5 fully saturated rings. The van der Waals surface area contributed by atoms with Crippen molar-refractivity contribution >= 4 is 0 Å². The number of aromatic hydroxyl groups is 1. The third-order valence-corrected chi connectivity index (χ3v) is 10.5. The van der Waals surface area contributed by atoms with Crippen LogP contribution in [-0.4, -0.2) is 58.7 Å². The van der Waals surface area contributed by atoms with Crippen LogP contribution in [0.5, 0.6) is 11.5 Å². The monoisotopic (exact) mass is 425 g/mol. The summed E-state index contributed by atoms with van der Waals surface area (Å²) in [5.41, 5.74) is 1.24. The molecule has 5 aliphatic carbocycles. The molecule has 31 heavy (non-hydrogen) atoms. The van der Waals surface area contributed by atoms with Gasteiger partial charge in [-0.25, -0.2) is 0 Å². The van der Waals surface area contributed by atoms with Gasteiger partial charge in [0.1, 0.15) is 11.7 Å². The lowest BCUT2D eigenvalue weighted by molar-refractivity contribution is -0.300. The summed E-state index contributed by atoms with van der Waals surface area (Å²) in [7, 11) is 1.81. The molecule has 7 aliphatic rings. The second-order valence-electron chi connectivity index (χ2n) is 12.1. The molecule has 2 N–H and O–H groups in total. The molecule has 5 nitrogen and oxygen atoms in total. The molecule has 4 saturated carbocycles. The Balaban J connectivity index is 1.49. The van der Waals surface area contributed by atoms with Gasteiger partial charge in [-0.1, -0.05) is 6.07 Å². The fourth-order valence-electron chi connectivity index (χ4n) is 9.23. The number of likely N-dealkylation sites (tertiary alicyclic amines) is 1. The van der Waals surface area contributed by atoms with Crippen molar-refractivity contribution in [1.29, 1.82) is 0 Å². The van der Waals surface area contributed by atoms with Crippen LogP contribution in [0.1, 0.15) is 63.5 Å². The van der Waals surface area contributed by atoms with Crippen LogP contribution in [0.4, 0.5) is 0 Å². The lowest BCUT2D eigenvalue weighted by Gasteiger charge is -2.75. The number of aliphatic hydroxyl groups is 1. The fraction of sp³-hybridized carbons (Fsp3) is 0.769. The quantitative estimate of drug-likeness (QED) is 0.774. The van der Waals surface area contributed by atoms with E-state index in [0.717, 1.165) is 44.6 Å². The van der Waals surface area contributed by atoms with Gasteiger partial charge in [0.15, 0.2) is 11.5 Å². The van der Waals surface area contributed by atoms with E-state index in [-0.39, 0.29) is 28.6 Å². The average molecular weight is 426 g/mol. The van der Waals surface area contributed by atoms with E-state index in [9.17, 15) is 10.2 Å². The number of nitrogens with zero attached hydrogens (tertiary/aromatic N) is 1. The maximum absolute atomic E-state index is 11.4. The zero-order valence-electron chi connectivity index (χ0n) is 19.0. The first-order chi connectivity index (χ1) is 14.8. The number of phenolic OH excluding ortho intramolecular Hbond substituents is 1. The minimum atomic E-state index is -0.846. The van der Waals surface area contributed by atoms with E-state index >= 15 is 0 Å². The molecular formula is C26H35NO4. The van der Waals surface area contributed by atoms with Gasteiger partial charge < -0.3 is 19.7 Å². The minimum absolute atomic E-state index is 0.0123. The molecule has 0 aromatic heterocycles. The van der Waals surface area contributed by atoms with E-state index in [2.05, 4.69) is 11.0 Å². The summed E-state index contributed by atoms with van der Waals surface area (Å²) < 4.78 is 13.2. The van der Waals surface area contributed by atoms with Crippen LogP contribution in [0.25, 0.3) is 0 Å². The first-order valence-electron chi connectivity index (χ1n) is 12.3. The van der Waals surface area contributed by atoms with Gasteiger partial charge in [-0.3, -0.25) is 4.90 Å². The summed E-state index contributed by atoms with van der Waals surface area (Å²) in [5, 5.41) is 22.2. The third-order valence-electron chi connectivity index (χ3n) is 10.5. The number of benzene rings is 1. The normalized spacial score (nSPS) is 44.8. The number of fused-ring (bicyclic) bond motifs is 2. The lowest BCUT2D eigenvalue weighted by atomic mass is 9.34. The molecule has 2 heterocycles. The molecule has 1 unspecified atom stereocenters. The lowest BCUT2D eigenvalue weighted by Crippen LogP contribution is -2.82. The van der Waals surface area contributed by atoms with Gasteiger partial charge in [-0.15, -0.1) is 0 Å². The van der Waals surface area contributed by atoms with E-state index in [1.54, 1.807) is 0 Å². The summed E-state index contributed by atoms with van der Waals surface area (Å²) in [4.78, 5) is 2.81. The summed E-state index contributed by atoms with van der Waals surface area (Å²) in [6, 6.07) is 4.46. The zero-order chi connectivity index (χ0) is 21.4. The van der Waals surface area contributed by atoms with Crippen LogP contribution in [-0.2, 0) is 16.6 Å². The first kappa shape index (κ1) is 19.2. The largest absolute Gasteiger partial charge is 0.504 e. The Morgan fingerprint density at radius 1 is 1.23 bits per heavy atom. The van der Waals surface area contributed by atoms with Crippen LogP contribution in [0, 0.1) is 17.3 Å². The predicted octanol–water partition coefficient (Wildman–Crippen LogP) is 3.39. The molecule has 1 saturated heterocycles. The summed E-state index contributed by atoms with van der Waals surface area (Å²) >= 11 is 0. The standard InChI is InChI=1S/C26H35NO4/c1-23(2,29)18-13-24-8-9-26(18,30-3)22-25(24)10-11-27(14-15-4-5-15)19(24)12-16-6-7-17(28)21(31-22)20(16)25/h6-7,15,18-19,22,28-29H,4-5,8-14H2,1-3H3/t18-,19?,22-,24-,25+,26-/m1/s1. The van der Waals surface area contributed by atoms with E-state index in [1.165, 1.54) is 30.5 Å². The molecule has 1 aromatic rings. The van der Waals surface area contributed by atoms with Gasteiger partial charge >= 0.3 is 0 Å². The van der Waals surface area contributed by atoms with Gasteiger partial charge in [0.05, 0.1) is 5.60 Å². The Kier molecular flexibility index (Phi) is 3.47. The predicted molar refractivity (Wildman–Crippen MR) is 116 cm³/mol. The van der Waals surface area contributed by atoms with Crippen molar-refractivity contribution in [2.75, 3.05) is 20.2 Å². The van der Waals surface area contributed by atoms with Crippen LogP contribution in [0.15, 0.2) is 12.1 Å². The second kappa shape index (κ2) is 5.60. The molecule has 168 valence electrons. The average Bonchev–Trinajstić information content (AvgIpc) is 3.47. The van der Waals surface area contributed by atoms with Crippen LogP contribution < -0.4 is 4.74 Å². The minimum Gasteiger partial charge on any atom is -0.504 e. The Morgan fingerprint density at radius 3 is 2.74 bits per heavy atom. The number of methoxy groups -OCH3 is 1. The van der Waals surface area contributed by atoms with E-state index < -0.39 is 11.2 Å². The molecule has 8 rings (SSSR count). The van der Waals surface area contributed by atoms with Gasteiger partial charge in [-0.2, -0.15) is 0 Å². The summed E-state index contributed by atoms with van der Waals surface area (Å²) in [6.45, 7) is 6.23. The molecular weight excluding hydrogens is 390 g/mol. The highest BCUT2D eigenvalue weighted by Gasteiger charge is 2.81. The van der Waals surface area contributed by atoms with Crippen LogP contribution in [0.2, 0.25) is 0 Å². The summed E-state index contributed by atoms with van der Waals surface area (Å²) in [6.07, 6.45) is 7.72. The Morgan fingerprint density at radius 2 is 2.03 bits per heavy atom. The molecule has 2 spiro atoms. The molecule has 5 heteroatoms. The number of phenols is 1. The highest BCUT2D eigenvalue weighted by Crippen LogP contribution is 2.77. The molecule has 0 amide bonds. The van der Waals surface area contributed by atoms with Crippen molar-refractivity contribution in [3.63, 3.8) is 0 Å². The zero-order valence-corrected chi connectivity index (χ0v) is 19.0. The van der Waals surface area contributed by atoms with E-state index in [1.807, 2.05) is 27.0 Å². The molecule has 4 bridgehead atoms. The SMILES string of the molecule is CO[C@]12CC[C@@]3(C[C@@H]1C(C)(C)O)C1Cc4ccc(O)c5c4[C@@]3(CCN1CC1CC1)[C@H]2O5. The Hall–Kier alpha value is -1.30. The third kappa shape index (κ3) is 2.02. The number of hydrogen-bond donors (Lipinski definition) is 2. The van der Waals surface area contributed by atoms with Crippen molar-refractivity contribution in [2.24, 2.45) is 17.3 Å². The smallest absolute Gasteiger partial charge is 0.165 e. The van der Waals surface area contributed by atoms with Crippen molar-refractivity contribution < 1.29 is 19.7 Å². The molecule has 2 aliphatic heterocycles. The first-order valence-corrected chi connectivity index (χ1v) is 12.3. The van der Waals surface area contributed by atoms with Crippen molar-refractivity contribution in [1.82, 2.24) is 4.90 Å². The summed E-state index contributed by atoms with van der Waals surface area (Å²) in [5.74, 6) is 1.86. The van der Waals surface area contributed by atoms with E-state index in [0.29, 0.717) is 11.8 Å². The van der Waals surface area contributed by atoms with Gasteiger partial charge in [-0.05, 0) is 82.9 Å². The topological polar surface area (TPSA) is 62.2 Å². The molecule has 1 aromatic carbocycles. The van der Waals surface area contributed by atoms with Gasteiger partial charge in [0.25, 0.3) is 0 Å². The highest BCUT2D eigenvalue weighted by molar-refractivity contribution is 5.63. The van der Waals surface area contributed by atoms with Crippen LogP contribution in [0.3, 0.4) is 0 Å². The number of hydrogen-bond acceptors (Lipinski definition) is 5. The maximum Gasteiger partial charge on any atom is 0.165 e. The number of ether oxygens (including phenoxy) is 2. The Labute approximate surface area is 184 Å². The highest BCUT2D eigenvalue weighted by atomic mass is 16.6. The fourth-order valence-corrected chi connectivity index (χ4v) is 9.23. The maximum atomic E-state index is 11.4. The van der Waals surface area contributed by atoms with Crippen molar-refractivity contribution in [3.8, 4) is 11.5 Å². The van der Waals surface area contributed by atoms with E-state index in [4.69, 9.17) is 9.47 Å². The van der Waals surface area contributed by atoms with Gasteiger partial charge in [0, 0.05) is 42.0 Å². The van der Waals surface area contributed by atoms with Crippen molar-refractivity contribution in [2.45, 2.75) is 87.6 Å². The number of piperidine rings is 1. The second-order valence-corrected chi connectivity index (χ2v) is 12.1. The Bertz CT molecular complexity index is 967. The number of rotatable bonds is 4. The van der Waals surface area contributed by atoms with Crippen molar-refractivity contribution in [3.05, 3.63) is 23.3 Å². The van der Waals surface area contributed by atoms with Crippen LogP contribution >= 0.6 is 0 Å². The molecule has 0 radical (unpaired) electrons.